The standard InChI is InChI=1S/C16H18F4N4S/c17-9-6-11(24-5-1-2-10(21)14(24)16(18,19)20)13-12(7-9)25-23-15(22-13)8-3-4-8/h6-8,10,14H,1-5,21H2,(H,22,23)/t10-,14+/m0/s1. The van der Waals surface area contributed by atoms with Crippen molar-refractivity contribution in [2.45, 2.75) is 48.8 Å². The van der Waals surface area contributed by atoms with Crippen LogP contribution < -0.4 is 15.4 Å². The van der Waals surface area contributed by atoms with Crippen LogP contribution in [0.3, 0.4) is 0 Å². The van der Waals surface area contributed by atoms with E-state index in [1.165, 1.54) is 22.9 Å². The van der Waals surface area contributed by atoms with E-state index in [0.29, 0.717) is 29.3 Å². The number of hydrogen-bond acceptors (Lipinski definition) is 5. The number of rotatable bonds is 2. The second kappa shape index (κ2) is 6.05. The predicted molar refractivity (Wildman–Crippen MR) is 89.6 cm³/mol. The van der Waals surface area contributed by atoms with Crippen molar-refractivity contribution < 1.29 is 17.6 Å². The predicted octanol–water partition coefficient (Wildman–Crippen LogP) is 3.73. The molecule has 0 bridgehead atoms. The summed E-state index contributed by atoms with van der Waals surface area (Å²) in [4.78, 5) is 6.22. The molecule has 25 heavy (non-hydrogen) atoms. The van der Waals surface area contributed by atoms with Gasteiger partial charge in [0.05, 0.1) is 10.6 Å². The molecule has 1 saturated heterocycles. The molecule has 1 aliphatic carbocycles. The fraction of sp³-hybridized carbons (Fsp3) is 0.562. The van der Waals surface area contributed by atoms with E-state index in [4.69, 9.17) is 5.73 Å². The monoisotopic (exact) mass is 374 g/mol. The van der Waals surface area contributed by atoms with Gasteiger partial charge in [-0.2, -0.15) is 13.2 Å². The molecule has 0 radical (unpaired) electrons. The maximum absolute atomic E-state index is 14.1. The summed E-state index contributed by atoms with van der Waals surface area (Å²) in [7, 11) is 0. The zero-order chi connectivity index (χ0) is 17.8. The summed E-state index contributed by atoms with van der Waals surface area (Å²) >= 11 is 1.21. The Morgan fingerprint density at radius 3 is 2.68 bits per heavy atom. The van der Waals surface area contributed by atoms with Crippen LogP contribution in [0.2, 0.25) is 0 Å². The van der Waals surface area contributed by atoms with E-state index in [9.17, 15) is 17.6 Å². The molecule has 1 aromatic carbocycles. The molecule has 1 aromatic rings. The molecule has 2 atom stereocenters. The molecule has 9 heteroatoms. The van der Waals surface area contributed by atoms with Crippen LogP contribution in [0, 0.1) is 11.7 Å². The third kappa shape index (κ3) is 3.19. The molecule has 3 N–H and O–H groups in total. The Morgan fingerprint density at radius 2 is 2.00 bits per heavy atom. The van der Waals surface area contributed by atoms with Gasteiger partial charge in [0.25, 0.3) is 0 Å². The lowest BCUT2D eigenvalue weighted by atomic mass is 9.95. The number of fused-ring (bicyclic) bond motifs is 1. The molecule has 0 amide bonds. The van der Waals surface area contributed by atoms with E-state index in [1.54, 1.807) is 0 Å². The minimum Gasteiger partial charge on any atom is -0.357 e. The molecule has 4 rings (SSSR count). The Bertz CT molecular complexity index is 717. The van der Waals surface area contributed by atoms with Gasteiger partial charge in [0.2, 0.25) is 0 Å². The summed E-state index contributed by atoms with van der Waals surface area (Å²) in [5.41, 5.74) is 6.38. The van der Waals surface area contributed by atoms with Gasteiger partial charge in [-0.25, -0.2) is 9.38 Å². The highest BCUT2D eigenvalue weighted by Crippen LogP contribution is 2.46. The first-order chi connectivity index (χ1) is 11.8. The van der Waals surface area contributed by atoms with Gasteiger partial charge in [-0.3, -0.25) is 0 Å². The van der Waals surface area contributed by atoms with Crippen molar-refractivity contribution in [1.29, 1.82) is 0 Å². The lowest BCUT2D eigenvalue weighted by Crippen LogP contribution is -2.59. The molecule has 0 unspecified atom stereocenters. The van der Waals surface area contributed by atoms with Crippen LogP contribution in [0.25, 0.3) is 0 Å². The zero-order valence-corrected chi connectivity index (χ0v) is 14.1. The fourth-order valence-corrected chi connectivity index (χ4v) is 4.31. The number of nitrogens with one attached hydrogen (secondary N) is 1. The summed E-state index contributed by atoms with van der Waals surface area (Å²) in [6.45, 7) is 0.181. The van der Waals surface area contributed by atoms with Crippen molar-refractivity contribution >= 4 is 29.2 Å². The topological polar surface area (TPSA) is 53.6 Å². The molecule has 1 saturated carbocycles. The largest absolute Gasteiger partial charge is 0.410 e. The lowest BCUT2D eigenvalue weighted by molar-refractivity contribution is -0.155. The number of benzene rings is 1. The second-order valence-electron chi connectivity index (χ2n) is 6.73. The Labute approximate surface area is 147 Å². The molecule has 3 aliphatic rings. The summed E-state index contributed by atoms with van der Waals surface area (Å²) in [5.74, 6) is 0.504. The molecule has 136 valence electrons. The quantitative estimate of drug-likeness (QED) is 0.612. The van der Waals surface area contributed by atoms with Gasteiger partial charge in [0.1, 0.15) is 23.4 Å². The molecule has 4 nitrogen and oxygen atoms in total. The van der Waals surface area contributed by atoms with Crippen LogP contribution in [0.5, 0.6) is 0 Å². The Kier molecular flexibility index (Phi) is 4.10. The van der Waals surface area contributed by atoms with Gasteiger partial charge in [-0.15, -0.1) is 0 Å². The third-order valence-electron chi connectivity index (χ3n) is 4.80. The highest BCUT2D eigenvalue weighted by molar-refractivity contribution is 7.98. The molecule has 0 spiro atoms. The van der Waals surface area contributed by atoms with E-state index in [0.717, 1.165) is 24.7 Å². The van der Waals surface area contributed by atoms with Crippen LogP contribution in [-0.4, -0.2) is 30.6 Å². The van der Waals surface area contributed by atoms with E-state index >= 15 is 0 Å². The number of halogens is 4. The number of aliphatic imine (C=N–C) groups is 1. The number of nitrogens with two attached hydrogens (primary N) is 1. The number of nitrogens with zero attached hydrogens (tertiary/aromatic N) is 2. The van der Waals surface area contributed by atoms with Gasteiger partial charge < -0.3 is 15.4 Å². The van der Waals surface area contributed by atoms with Crippen molar-refractivity contribution in [3.63, 3.8) is 0 Å². The maximum Gasteiger partial charge on any atom is 0.410 e. The molecule has 2 heterocycles. The summed E-state index contributed by atoms with van der Waals surface area (Å²) in [6.07, 6.45) is -1.63. The van der Waals surface area contributed by atoms with Gasteiger partial charge in [0.15, 0.2) is 0 Å². The zero-order valence-electron chi connectivity index (χ0n) is 13.3. The smallest absolute Gasteiger partial charge is 0.357 e. The van der Waals surface area contributed by atoms with Crippen LogP contribution in [0.15, 0.2) is 22.0 Å². The van der Waals surface area contributed by atoms with E-state index < -0.39 is 24.1 Å². The number of anilines is 1. The molecule has 2 aliphatic heterocycles. The van der Waals surface area contributed by atoms with Crippen LogP contribution in [-0.2, 0) is 0 Å². The van der Waals surface area contributed by atoms with E-state index in [-0.39, 0.29) is 12.2 Å². The van der Waals surface area contributed by atoms with Gasteiger partial charge >= 0.3 is 6.18 Å². The van der Waals surface area contributed by atoms with Crippen molar-refractivity contribution in [3.05, 3.63) is 17.9 Å². The van der Waals surface area contributed by atoms with E-state index in [2.05, 4.69) is 9.71 Å². The second-order valence-corrected chi connectivity index (χ2v) is 7.58. The molecule has 2 fully saturated rings. The Morgan fingerprint density at radius 1 is 1.24 bits per heavy atom. The minimum absolute atomic E-state index is 0.180. The van der Waals surface area contributed by atoms with Crippen LogP contribution in [0.1, 0.15) is 25.7 Å². The molecular formula is C16H18F4N4S. The first-order valence-corrected chi connectivity index (χ1v) is 9.10. The fourth-order valence-electron chi connectivity index (χ4n) is 3.47. The van der Waals surface area contributed by atoms with Gasteiger partial charge in [-0.05, 0) is 49.8 Å². The van der Waals surface area contributed by atoms with E-state index in [1.807, 2.05) is 0 Å². The van der Waals surface area contributed by atoms with Crippen molar-refractivity contribution in [2.75, 3.05) is 11.4 Å². The van der Waals surface area contributed by atoms with Crippen molar-refractivity contribution in [1.82, 2.24) is 4.72 Å². The summed E-state index contributed by atoms with van der Waals surface area (Å²) in [6, 6.07) is -0.411. The minimum atomic E-state index is -4.48. The normalized spacial score (nSPS) is 26.8. The van der Waals surface area contributed by atoms with Crippen molar-refractivity contribution in [2.24, 2.45) is 16.6 Å². The first kappa shape index (κ1) is 17.0. The number of amidine groups is 1. The first-order valence-electron chi connectivity index (χ1n) is 8.28. The number of hydrogen-bond donors (Lipinski definition) is 2. The number of piperidine rings is 1. The third-order valence-corrected chi connectivity index (χ3v) is 5.65. The lowest BCUT2D eigenvalue weighted by Gasteiger charge is -2.42. The Balaban J connectivity index is 1.80. The van der Waals surface area contributed by atoms with Crippen molar-refractivity contribution in [3.8, 4) is 0 Å². The highest BCUT2D eigenvalue weighted by atomic mass is 32.2. The maximum atomic E-state index is 14.1. The summed E-state index contributed by atoms with van der Waals surface area (Å²) < 4.78 is 58.0. The SMILES string of the molecule is N[C@H]1CCCN(c2cc(F)cc3c2N=C(C2CC2)NS3)[C@H]1C(F)(F)F. The van der Waals surface area contributed by atoms with Gasteiger partial charge in [0, 0.05) is 18.5 Å². The van der Waals surface area contributed by atoms with Gasteiger partial charge in [-0.1, -0.05) is 0 Å². The number of alkyl halides is 3. The highest BCUT2D eigenvalue weighted by Gasteiger charge is 2.49. The summed E-state index contributed by atoms with van der Waals surface area (Å²) in [5, 5.41) is 0. The van der Waals surface area contributed by atoms with Crippen LogP contribution >= 0.6 is 11.9 Å². The van der Waals surface area contributed by atoms with Crippen LogP contribution in [0.4, 0.5) is 28.9 Å². The Hall–Kier alpha value is -1.48. The average molecular weight is 374 g/mol. The molecular weight excluding hydrogens is 356 g/mol. The average Bonchev–Trinajstić information content (AvgIpc) is 3.37. The molecule has 0 aromatic heterocycles.